The Balaban J connectivity index is 1.68. The largest absolute Gasteiger partial charge is 0.444 e. The molecule has 1 aromatic carbocycles. The molecule has 0 radical (unpaired) electrons. The third-order valence-corrected chi connectivity index (χ3v) is 4.49. The van der Waals surface area contributed by atoms with Crippen LogP contribution in [-0.4, -0.2) is 52.5 Å². The molecule has 3 rings (SSSR count). The topological polar surface area (TPSA) is 97.8 Å². The average molecular weight is 443 g/mol. The minimum Gasteiger partial charge on any atom is -0.444 e. The van der Waals surface area contributed by atoms with Crippen LogP contribution in [0, 0.1) is 6.92 Å². The molecule has 9 heteroatoms. The van der Waals surface area contributed by atoms with Crippen molar-refractivity contribution < 1.29 is 28.2 Å². The van der Waals surface area contributed by atoms with Crippen LogP contribution in [0.2, 0.25) is 0 Å². The second kappa shape index (κ2) is 9.33. The number of hydrogen-bond acceptors (Lipinski definition) is 6. The van der Waals surface area contributed by atoms with E-state index in [0.29, 0.717) is 11.4 Å². The number of carbonyl (C=O) groups is 3. The van der Waals surface area contributed by atoms with E-state index in [0.717, 1.165) is 5.56 Å². The van der Waals surface area contributed by atoms with Crippen LogP contribution in [0.4, 0.5) is 9.18 Å². The predicted molar refractivity (Wildman–Crippen MR) is 114 cm³/mol. The maximum atomic E-state index is 13.5. The van der Waals surface area contributed by atoms with Crippen molar-refractivity contribution in [1.29, 1.82) is 0 Å². The SMILES string of the molecule is Cc1cc(CNC(=O)OC(C)(C)C)cc(Oc2cccc(C(=O)N3CC(=O)C(F)C3)c2)n1. The molecule has 1 aliphatic rings. The number of aromatic nitrogens is 1. The molecule has 170 valence electrons. The lowest BCUT2D eigenvalue weighted by Crippen LogP contribution is -2.32. The van der Waals surface area contributed by atoms with Gasteiger partial charge in [0.1, 0.15) is 11.4 Å². The average Bonchev–Trinajstić information content (AvgIpc) is 3.03. The number of amides is 2. The van der Waals surface area contributed by atoms with E-state index in [2.05, 4.69) is 10.3 Å². The molecule has 0 bridgehead atoms. The number of ether oxygens (including phenoxy) is 2. The molecule has 2 amide bonds. The maximum Gasteiger partial charge on any atom is 0.407 e. The lowest BCUT2D eigenvalue weighted by molar-refractivity contribution is -0.120. The molecule has 1 saturated heterocycles. The number of alkyl halides is 1. The van der Waals surface area contributed by atoms with Gasteiger partial charge in [0.25, 0.3) is 5.91 Å². The highest BCUT2D eigenvalue weighted by Gasteiger charge is 2.34. The number of carbonyl (C=O) groups excluding carboxylic acids is 3. The first-order chi connectivity index (χ1) is 15.0. The van der Waals surface area contributed by atoms with Crippen molar-refractivity contribution in [2.24, 2.45) is 0 Å². The first-order valence-corrected chi connectivity index (χ1v) is 10.2. The predicted octanol–water partition coefficient (Wildman–Crippen LogP) is 3.57. The fraction of sp³-hybridized carbons (Fsp3) is 0.391. The van der Waals surface area contributed by atoms with Crippen molar-refractivity contribution >= 4 is 17.8 Å². The fourth-order valence-corrected chi connectivity index (χ4v) is 3.15. The molecule has 32 heavy (non-hydrogen) atoms. The molecule has 1 atom stereocenters. The quantitative estimate of drug-likeness (QED) is 0.759. The highest BCUT2D eigenvalue weighted by Crippen LogP contribution is 2.24. The first kappa shape index (κ1) is 23.2. The van der Waals surface area contributed by atoms with Crippen molar-refractivity contribution in [3.05, 3.63) is 53.2 Å². The second-order valence-corrected chi connectivity index (χ2v) is 8.56. The van der Waals surface area contributed by atoms with Gasteiger partial charge in [0.05, 0.1) is 13.1 Å². The van der Waals surface area contributed by atoms with E-state index in [-0.39, 0.29) is 31.1 Å². The summed E-state index contributed by atoms with van der Waals surface area (Å²) < 4.78 is 24.5. The number of hydrogen-bond donors (Lipinski definition) is 1. The van der Waals surface area contributed by atoms with E-state index in [9.17, 15) is 18.8 Å². The van der Waals surface area contributed by atoms with E-state index < -0.39 is 29.6 Å². The first-order valence-electron chi connectivity index (χ1n) is 10.2. The number of ketones is 1. The Kier molecular flexibility index (Phi) is 6.76. The van der Waals surface area contributed by atoms with E-state index in [4.69, 9.17) is 9.47 Å². The van der Waals surface area contributed by atoms with Crippen LogP contribution in [0.15, 0.2) is 36.4 Å². The second-order valence-electron chi connectivity index (χ2n) is 8.56. The van der Waals surface area contributed by atoms with Gasteiger partial charge in [-0.25, -0.2) is 14.2 Å². The Morgan fingerprint density at radius 2 is 2.00 bits per heavy atom. The van der Waals surface area contributed by atoms with Gasteiger partial charge in [0.15, 0.2) is 12.0 Å². The number of halogens is 1. The summed E-state index contributed by atoms with van der Waals surface area (Å²) in [5.74, 6) is -0.385. The summed E-state index contributed by atoms with van der Waals surface area (Å²) in [5, 5.41) is 2.68. The molecule has 1 aromatic heterocycles. The van der Waals surface area contributed by atoms with Crippen molar-refractivity contribution in [2.45, 2.75) is 46.0 Å². The van der Waals surface area contributed by atoms with Crippen molar-refractivity contribution in [3.63, 3.8) is 0 Å². The van der Waals surface area contributed by atoms with E-state index in [1.807, 2.05) is 6.07 Å². The van der Waals surface area contributed by atoms with Crippen molar-refractivity contribution in [3.8, 4) is 11.6 Å². The summed E-state index contributed by atoms with van der Waals surface area (Å²) in [6, 6.07) is 9.86. The number of rotatable bonds is 5. The van der Waals surface area contributed by atoms with Crippen molar-refractivity contribution in [1.82, 2.24) is 15.2 Å². The molecule has 1 unspecified atom stereocenters. The van der Waals surface area contributed by atoms with Gasteiger partial charge in [-0.2, -0.15) is 0 Å². The van der Waals surface area contributed by atoms with E-state index in [1.165, 1.54) is 11.0 Å². The fourth-order valence-electron chi connectivity index (χ4n) is 3.15. The number of likely N-dealkylation sites (tertiary alicyclic amines) is 1. The standard InChI is InChI=1S/C23H26FN3O5/c1-14-8-15(11-25-22(30)32-23(2,3)4)9-20(26-14)31-17-7-5-6-16(10-17)21(29)27-12-18(24)19(28)13-27/h5-10,18H,11-13H2,1-4H3,(H,25,30). The Labute approximate surface area is 185 Å². The molecule has 1 aliphatic heterocycles. The van der Waals surface area contributed by atoms with Gasteiger partial charge in [-0.15, -0.1) is 0 Å². The molecule has 2 aromatic rings. The van der Waals surface area contributed by atoms with E-state index in [1.54, 1.807) is 52.0 Å². The zero-order valence-electron chi connectivity index (χ0n) is 18.5. The lowest BCUT2D eigenvalue weighted by Gasteiger charge is -2.19. The summed E-state index contributed by atoms with van der Waals surface area (Å²) in [5.41, 5.74) is 1.13. The monoisotopic (exact) mass is 443 g/mol. The molecule has 2 heterocycles. The Morgan fingerprint density at radius 3 is 2.66 bits per heavy atom. The summed E-state index contributed by atoms with van der Waals surface area (Å²) in [6.45, 7) is 6.89. The van der Waals surface area contributed by atoms with Crippen LogP contribution in [0.5, 0.6) is 11.6 Å². The number of aryl methyl sites for hydroxylation is 1. The molecule has 0 aliphatic carbocycles. The number of nitrogens with zero attached hydrogens (tertiary/aromatic N) is 2. The molecule has 1 N–H and O–H groups in total. The van der Waals surface area contributed by atoms with Gasteiger partial charge in [0.2, 0.25) is 5.88 Å². The van der Waals surface area contributed by atoms with Crippen molar-refractivity contribution in [2.75, 3.05) is 13.1 Å². The molecule has 0 saturated carbocycles. The Hall–Kier alpha value is -3.49. The van der Waals surface area contributed by atoms with Crippen LogP contribution in [0.1, 0.15) is 42.4 Å². The smallest absolute Gasteiger partial charge is 0.407 e. The van der Waals surface area contributed by atoms with Crippen LogP contribution in [0.3, 0.4) is 0 Å². The zero-order valence-corrected chi connectivity index (χ0v) is 18.5. The summed E-state index contributed by atoms with van der Waals surface area (Å²) in [7, 11) is 0. The van der Waals surface area contributed by atoms with Crippen LogP contribution >= 0.6 is 0 Å². The summed E-state index contributed by atoms with van der Waals surface area (Å²) >= 11 is 0. The summed E-state index contributed by atoms with van der Waals surface area (Å²) in [4.78, 5) is 41.4. The number of benzene rings is 1. The normalized spacial score (nSPS) is 16.1. The van der Waals surface area contributed by atoms with E-state index >= 15 is 0 Å². The zero-order chi connectivity index (χ0) is 23.5. The van der Waals surface area contributed by atoms with Crippen LogP contribution in [-0.2, 0) is 16.1 Å². The van der Waals surface area contributed by atoms with Gasteiger partial charge >= 0.3 is 6.09 Å². The number of pyridine rings is 1. The molecule has 0 spiro atoms. The molecular formula is C23H26FN3O5. The molecule has 8 nitrogen and oxygen atoms in total. The third-order valence-electron chi connectivity index (χ3n) is 4.49. The number of Topliss-reactive ketones (excluding diaryl/α,β-unsaturated/α-hetero) is 1. The van der Waals surface area contributed by atoms with Gasteiger partial charge in [-0.3, -0.25) is 9.59 Å². The number of alkyl carbamates (subject to hydrolysis) is 1. The minimum atomic E-state index is -1.64. The lowest BCUT2D eigenvalue weighted by atomic mass is 10.2. The Bertz CT molecular complexity index is 1030. The van der Waals surface area contributed by atoms with Gasteiger partial charge in [0, 0.05) is 23.9 Å². The maximum absolute atomic E-state index is 13.5. The highest BCUT2D eigenvalue weighted by atomic mass is 19.1. The molecule has 1 fully saturated rings. The van der Waals surface area contributed by atoms with Gasteiger partial charge in [-0.1, -0.05) is 6.07 Å². The Morgan fingerprint density at radius 1 is 1.25 bits per heavy atom. The van der Waals surface area contributed by atoms with Crippen LogP contribution in [0.25, 0.3) is 0 Å². The number of nitrogens with one attached hydrogen (secondary N) is 1. The van der Waals surface area contributed by atoms with Gasteiger partial charge < -0.3 is 19.7 Å². The molecular weight excluding hydrogens is 417 g/mol. The third kappa shape index (κ3) is 6.26. The summed E-state index contributed by atoms with van der Waals surface area (Å²) in [6.07, 6.45) is -2.17. The van der Waals surface area contributed by atoms with Crippen LogP contribution < -0.4 is 10.1 Å². The van der Waals surface area contributed by atoms with Gasteiger partial charge in [-0.05, 0) is 57.5 Å². The minimum absolute atomic E-state index is 0.223. The highest BCUT2D eigenvalue weighted by molar-refractivity contribution is 6.00.